The summed E-state index contributed by atoms with van der Waals surface area (Å²) >= 11 is 2.32. The zero-order valence-corrected chi connectivity index (χ0v) is 6.14. The summed E-state index contributed by atoms with van der Waals surface area (Å²) in [6, 6.07) is 0. The summed E-state index contributed by atoms with van der Waals surface area (Å²) in [5.41, 5.74) is 0. The fourth-order valence-corrected chi connectivity index (χ4v) is 1.10. The molecule has 1 atom stereocenters. The number of morpholine rings is 1. The molecule has 1 aliphatic heterocycles. The van der Waals surface area contributed by atoms with Crippen LogP contribution < -0.4 is 5.32 Å². The van der Waals surface area contributed by atoms with Crippen LogP contribution in [-0.2, 0) is 4.74 Å². The van der Waals surface area contributed by atoms with E-state index in [9.17, 15) is 0 Å². The van der Waals surface area contributed by atoms with Gasteiger partial charge in [-0.1, -0.05) is 22.6 Å². The Balaban J connectivity index is 2.12. The minimum Gasteiger partial charge on any atom is -0.378 e. The predicted octanol–water partition coefficient (Wildman–Crippen LogP) is 0.367. The molecule has 1 fully saturated rings. The molecular weight excluding hydrogens is 205 g/mol. The second-order valence-electron chi connectivity index (χ2n) is 1.50. The molecule has 1 unspecified atom stereocenters. The predicted molar refractivity (Wildman–Crippen MR) is 36.6 cm³/mol. The molecule has 1 rings (SSSR count). The third-order valence-electron chi connectivity index (χ3n) is 0.876. The van der Waals surface area contributed by atoms with E-state index in [0.717, 1.165) is 19.8 Å². The van der Waals surface area contributed by atoms with Crippen molar-refractivity contribution in [2.75, 3.05) is 19.8 Å². The minimum atomic E-state index is 0.534. The van der Waals surface area contributed by atoms with E-state index in [0.29, 0.717) is 4.05 Å². The van der Waals surface area contributed by atoms with Crippen LogP contribution >= 0.6 is 22.6 Å². The highest BCUT2D eigenvalue weighted by Gasteiger charge is 2.06. The summed E-state index contributed by atoms with van der Waals surface area (Å²) in [6.45, 7) is 2.74. The maximum Gasteiger partial charge on any atom is 0.0831 e. The topological polar surface area (TPSA) is 21.3 Å². The number of nitrogens with one attached hydrogen (secondary N) is 1. The minimum absolute atomic E-state index is 0.534. The number of hydrogen-bond acceptors (Lipinski definition) is 2. The lowest BCUT2D eigenvalue weighted by molar-refractivity contribution is 0.104. The van der Waals surface area contributed by atoms with Crippen molar-refractivity contribution in [3.8, 4) is 0 Å². The average molecular weight is 213 g/mol. The third-order valence-corrected chi connectivity index (χ3v) is 1.68. The van der Waals surface area contributed by atoms with Crippen molar-refractivity contribution in [2.45, 2.75) is 4.05 Å². The maximum absolute atomic E-state index is 5.11. The fraction of sp³-hybridized carbons (Fsp3) is 1.00. The molecule has 0 aromatic carbocycles. The maximum atomic E-state index is 5.11. The molecule has 1 N–H and O–H groups in total. The van der Waals surface area contributed by atoms with Crippen molar-refractivity contribution in [3.63, 3.8) is 0 Å². The van der Waals surface area contributed by atoms with Gasteiger partial charge in [0.1, 0.15) is 0 Å². The van der Waals surface area contributed by atoms with Gasteiger partial charge < -0.3 is 10.1 Å². The Morgan fingerprint density at radius 3 is 2.86 bits per heavy atom. The first-order valence-corrected chi connectivity index (χ1v) is 3.59. The lowest BCUT2D eigenvalue weighted by Crippen LogP contribution is -2.36. The normalized spacial score (nSPS) is 33.0. The van der Waals surface area contributed by atoms with Crippen LogP contribution in [0.2, 0.25) is 0 Å². The molecule has 1 saturated heterocycles. The van der Waals surface area contributed by atoms with Crippen LogP contribution in [0, 0.1) is 0 Å². The number of hydrogen-bond donors (Lipinski definition) is 1. The SMILES string of the molecule is IC1COCCN1. The summed E-state index contributed by atoms with van der Waals surface area (Å²) in [6.07, 6.45) is 0. The van der Waals surface area contributed by atoms with Gasteiger partial charge in [-0.25, -0.2) is 0 Å². The van der Waals surface area contributed by atoms with Gasteiger partial charge in [-0.05, 0) is 0 Å². The van der Waals surface area contributed by atoms with Gasteiger partial charge >= 0.3 is 0 Å². The van der Waals surface area contributed by atoms with Crippen molar-refractivity contribution in [3.05, 3.63) is 0 Å². The van der Waals surface area contributed by atoms with Gasteiger partial charge in [-0.15, -0.1) is 0 Å². The van der Waals surface area contributed by atoms with Gasteiger partial charge in [-0.3, -0.25) is 0 Å². The molecule has 0 aromatic heterocycles. The van der Waals surface area contributed by atoms with Crippen molar-refractivity contribution in [1.29, 1.82) is 0 Å². The number of ether oxygens (including phenoxy) is 1. The molecule has 2 nitrogen and oxygen atoms in total. The van der Waals surface area contributed by atoms with E-state index < -0.39 is 0 Å². The molecule has 0 spiro atoms. The zero-order chi connectivity index (χ0) is 5.11. The van der Waals surface area contributed by atoms with Gasteiger partial charge in [-0.2, -0.15) is 0 Å². The highest BCUT2D eigenvalue weighted by Crippen LogP contribution is 1.99. The molecule has 0 bridgehead atoms. The molecule has 0 aliphatic carbocycles. The summed E-state index contributed by atoms with van der Waals surface area (Å²) in [5.74, 6) is 0. The van der Waals surface area contributed by atoms with Crippen molar-refractivity contribution >= 4 is 22.6 Å². The standard InChI is InChI=1S/C4H8INO/c5-4-3-7-2-1-6-4/h4,6H,1-3H2. The molecule has 3 heteroatoms. The molecule has 0 amide bonds. The van der Waals surface area contributed by atoms with Crippen LogP contribution in [0.5, 0.6) is 0 Å². The first-order valence-electron chi connectivity index (χ1n) is 2.35. The Labute approximate surface area is 56.8 Å². The van der Waals surface area contributed by atoms with E-state index in [1.54, 1.807) is 0 Å². The smallest absolute Gasteiger partial charge is 0.0831 e. The summed E-state index contributed by atoms with van der Waals surface area (Å²) < 4.78 is 5.65. The van der Waals surface area contributed by atoms with Crippen LogP contribution in [0.4, 0.5) is 0 Å². The Morgan fingerprint density at radius 2 is 2.57 bits per heavy atom. The largest absolute Gasteiger partial charge is 0.378 e. The van der Waals surface area contributed by atoms with Gasteiger partial charge in [0.25, 0.3) is 0 Å². The molecule has 1 aliphatic rings. The molecule has 42 valence electrons. The number of halogens is 1. The number of alkyl halides is 1. The van der Waals surface area contributed by atoms with E-state index in [1.807, 2.05) is 0 Å². The van der Waals surface area contributed by atoms with Crippen LogP contribution in [0.15, 0.2) is 0 Å². The highest BCUT2D eigenvalue weighted by atomic mass is 127. The second-order valence-corrected chi connectivity index (χ2v) is 3.00. The number of rotatable bonds is 0. The van der Waals surface area contributed by atoms with Crippen molar-refractivity contribution in [2.24, 2.45) is 0 Å². The van der Waals surface area contributed by atoms with E-state index in [4.69, 9.17) is 4.74 Å². The first-order chi connectivity index (χ1) is 3.39. The molecule has 1 heterocycles. The van der Waals surface area contributed by atoms with E-state index >= 15 is 0 Å². The van der Waals surface area contributed by atoms with Gasteiger partial charge in [0, 0.05) is 6.54 Å². The first kappa shape index (κ1) is 5.78. The van der Waals surface area contributed by atoms with E-state index in [-0.39, 0.29) is 0 Å². The summed E-state index contributed by atoms with van der Waals surface area (Å²) in [4.78, 5) is 0. The van der Waals surface area contributed by atoms with Crippen LogP contribution in [0.1, 0.15) is 0 Å². The van der Waals surface area contributed by atoms with E-state index in [1.165, 1.54) is 0 Å². The van der Waals surface area contributed by atoms with E-state index in [2.05, 4.69) is 27.9 Å². The summed E-state index contributed by atoms with van der Waals surface area (Å²) in [5, 5.41) is 3.24. The molecule has 7 heavy (non-hydrogen) atoms. The Kier molecular flexibility index (Phi) is 2.34. The van der Waals surface area contributed by atoms with Gasteiger partial charge in [0.05, 0.1) is 17.3 Å². The molecule has 0 aromatic rings. The van der Waals surface area contributed by atoms with Crippen molar-refractivity contribution in [1.82, 2.24) is 5.32 Å². The van der Waals surface area contributed by atoms with Crippen LogP contribution in [0.25, 0.3) is 0 Å². The third kappa shape index (κ3) is 1.92. The lowest BCUT2D eigenvalue weighted by Gasteiger charge is -2.17. The Morgan fingerprint density at radius 1 is 1.71 bits per heavy atom. The zero-order valence-electron chi connectivity index (χ0n) is 3.98. The molecule has 0 radical (unpaired) electrons. The monoisotopic (exact) mass is 213 g/mol. The second kappa shape index (κ2) is 2.84. The quantitative estimate of drug-likeness (QED) is 0.356. The fourth-order valence-electron chi connectivity index (χ4n) is 0.533. The van der Waals surface area contributed by atoms with Gasteiger partial charge in [0.15, 0.2) is 0 Å². The van der Waals surface area contributed by atoms with Gasteiger partial charge in [0.2, 0.25) is 0 Å². The summed E-state index contributed by atoms with van der Waals surface area (Å²) in [7, 11) is 0. The van der Waals surface area contributed by atoms with Crippen LogP contribution in [-0.4, -0.2) is 23.8 Å². The Hall–Kier alpha value is 0.650. The molecular formula is C4H8INO. The average Bonchev–Trinajstić information content (AvgIpc) is 1.69. The lowest BCUT2D eigenvalue weighted by atomic mass is 10.5. The molecule has 0 saturated carbocycles. The highest BCUT2D eigenvalue weighted by molar-refractivity contribution is 14.1. The van der Waals surface area contributed by atoms with Crippen molar-refractivity contribution < 1.29 is 4.74 Å². The van der Waals surface area contributed by atoms with Crippen LogP contribution in [0.3, 0.4) is 0 Å². The Bertz CT molecular complexity index is 53.7.